The van der Waals surface area contributed by atoms with Gasteiger partial charge in [-0.05, 0) is 43.9 Å². The molecule has 3 heterocycles. The van der Waals surface area contributed by atoms with Crippen LogP contribution in [0.4, 0.5) is 5.69 Å². The van der Waals surface area contributed by atoms with E-state index in [1.54, 1.807) is 0 Å². The van der Waals surface area contributed by atoms with Gasteiger partial charge in [0.15, 0.2) is 0 Å². The Balaban J connectivity index is 1.52. The Kier molecular flexibility index (Phi) is 5.14. The Labute approximate surface area is 161 Å². The third-order valence-electron chi connectivity index (χ3n) is 5.82. The second-order valence-electron chi connectivity index (χ2n) is 7.97. The van der Waals surface area contributed by atoms with E-state index in [-0.39, 0.29) is 5.91 Å². The predicted molar refractivity (Wildman–Crippen MR) is 106 cm³/mol. The van der Waals surface area contributed by atoms with Gasteiger partial charge in [-0.3, -0.25) is 4.79 Å². The summed E-state index contributed by atoms with van der Waals surface area (Å²) in [7, 11) is 4.00. The van der Waals surface area contributed by atoms with E-state index in [0.29, 0.717) is 5.92 Å². The first-order valence-electron chi connectivity index (χ1n) is 10.1. The van der Waals surface area contributed by atoms with Gasteiger partial charge >= 0.3 is 0 Å². The maximum Gasteiger partial charge on any atom is 0.253 e. The molecule has 144 valence electrons. The summed E-state index contributed by atoms with van der Waals surface area (Å²) in [5.41, 5.74) is 1.82. The van der Waals surface area contributed by atoms with Gasteiger partial charge in [0.05, 0.1) is 0 Å². The van der Waals surface area contributed by atoms with Crippen molar-refractivity contribution in [1.29, 1.82) is 0 Å². The van der Waals surface area contributed by atoms with Crippen molar-refractivity contribution in [1.82, 2.24) is 19.7 Å². The summed E-state index contributed by atoms with van der Waals surface area (Å²) in [4.78, 5) is 17.1. The number of nitrogens with zero attached hydrogens (tertiary/aromatic N) is 5. The first-order chi connectivity index (χ1) is 13.1. The Morgan fingerprint density at radius 1 is 1.11 bits per heavy atom. The SMILES string of the molecule is CN(C)c1cccc(C(=O)N2CCCC(c3nnc4n3CCCCC4)C2)c1. The molecule has 0 spiro atoms. The number of rotatable bonds is 3. The monoisotopic (exact) mass is 367 g/mol. The van der Waals surface area contributed by atoms with Gasteiger partial charge in [-0.2, -0.15) is 0 Å². The molecule has 0 bridgehead atoms. The largest absolute Gasteiger partial charge is 0.378 e. The lowest BCUT2D eigenvalue weighted by Crippen LogP contribution is -2.39. The van der Waals surface area contributed by atoms with Gasteiger partial charge in [-0.15, -0.1) is 10.2 Å². The molecule has 1 aromatic heterocycles. The summed E-state index contributed by atoms with van der Waals surface area (Å²) >= 11 is 0. The fourth-order valence-corrected chi connectivity index (χ4v) is 4.28. The van der Waals surface area contributed by atoms with E-state index >= 15 is 0 Å². The smallest absolute Gasteiger partial charge is 0.253 e. The average Bonchev–Trinajstić information content (AvgIpc) is 2.96. The van der Waals surface area contributed by atoms with E-state index in [1.165, 1.54) is 19.3 Å². The zero-order chi connectivity index (χ0) is 18.8. The summed E-state index contributed by atoms with van der Waals surface area (Å²) in [6.07, 6.45) is 6.80. The van der Waals surface area contributed by atoms with Crippen LogP contribution in [0.1, 0.15) is 60.0 Å². The van der Waals surface area contributed by atoms with Crippen LogP contribution < -0.4 is 4.90 Å². The molecule has 4 rings (SSSR count). The molecule has 27 heavy (non-hydrogen) atoms. The maximum atomic E-state index is 13.1. The van der Waals surface area contributed by atoms with E-state index in [2.05, 4.69) is 14.8 Å². The minimum atomic E-state index is 0.124. The maximum absolute atomic E-state index is 13.1. The van der Waals surface area contributed by atoms with Crippen LogP contribution in [0.15, 0.2) is 24.3 Å². The highest BCUT2D eigenvalue weighted by molar-refractivity contribution is 5.95. The number of hydrogen-bond acceptors (Lipinski definition) is 4. The Bertz CT molecular complexity index is 813. The number of piperidine rings is 1. The number of carbonyl (C=O) groups excluding carboxylic acids is 1. The summed E-state index contributed by atoms with van der Waals surface area (Å²) in [5, 5.41) is 8.99. The van der Waals surface area contributed by atoms with Crippen LogP contribution in [-0.2, 0) is 13.0 Å². The van der Waals surface area contributed by atoms with Crippen molar-refractivity contribution in [3.8, 4) is 0 Å². The van der Waals surface area contributed by atoms with Crippen molar-refractivity contribution in [2.75, 3.05) is 32.1 Å². The van der Waals surface area contributed by atoms with E-state index < -0.39 is 0 Å². The molecule has 1 amide bonds. The third-order valence-corrected chi connectivity index (χ3v) is 5.82. The molecule has 1 fully saturated rings. The van der Waals surface area contributed by atoms with E-state index in [9.17, 15) is 4.79 Å². The van der Waals surface area contributed by atoms with Crippen LogP contribution in [0.3, 0.4) is 0 Å². The number of benzene rings is 1. The summed E-state index contributed by atoms with van der Waals surface area (Å²) in [6.45, 7) is 2.58. The standard InChI is InChI=1S/C21H29N5O/c1-24(2)18-10-6-8-16(14-18)21(27)25-12-7-9-17(15-25)20-23-22-19-11-4-3-5-13-26(19)20/h6,8,10,14,17H,3-5,7,9,11-13,15H2,1-2H3. The van der Waals surface area contributed by atoms with Gasteiger partial charge in [0.2, 0.25) is 0 Å². The van der Waals surface area contributed by atoms with Gasteiger partial charge in [0.1, 0.15) is 11.6 Å². The quantitative estimate of drug-likeness (QED) is 0.837. The Hall–Kier alpha value is -2.37. The molecule has 0 N–H and O–H groups in total. The molecule has 6 nitrogen and oxygen atoms in total. The highest BCUT2D eigenvalue weighted by Crippen LogP contribution is 2.29. The molecular weight excluding hydrogens is 338 g/mol. The van der Waals surface area contributed by atoms with Gasteiger partial charge in [-0.1, -0.05) is 12.5 Å². The second kappa shape index (κ2) is 7.71. The molecule has 2 aliphatic heterocycles. The predicted octanol–water partition coefficient (Wildman–Crippen LogP) is 3.09. The molecule has 1 unspecified atom stereocenters. The van der Waals surface area contributed by atoms with Gasteiger partial charge < -0.3 is 14.4 Å². The van der Waals surface area contributed by atoms with Crippen molar-refractivity contribution < 1.29 is 4.79 Å². The molecule has 0 saturated carbocycles. The average molecular weight is 367 g/mol. The topological polar surface area (TPSA) is 54.3 Å². The molecule has 2 aliphatic rings. The normalized spacial score (nSPS) is 20.1. The number of fused-ring (bicyclic) bond motifs is 1. The summed E-state index contributed by atoms with van der Waals surface area (Å²) < 4.78 is 2.33. The van der Waals surface area contributed by atoms with Crippen molar-refractivity contribution >= 4 is 11.6 Å². The molecule has 1 atom stereocenters. The third kappa shape index (κ3) is 3.70. The number of anilines is 1. The van der Waals surface area contributed by atoms with E-state index in [0.717, 1.165) is 61.8 Å². The van der Waals surface area contributed by atoms with Crippen LogP contribution in [0.5, 0.6) is 0 Å². The van der Waals surface area contributed by atoms with Crippen LogP contribution in [0.2, 0.25) is 0 Å². The van der Waals surface area contributed by atoms with Crippen molar-refractivity contribution in [3.05, 3.63) is 41.5 Å². The van der Waals surface area contributed by atoms with Gasteiger partial charge in [0.25, 0.3) is 5.91 Å². The molecule has 6 heteroatoms. The van der Waals surface area contributed by atoms with Gasteiger partial charge in [0, 0.05) is 57.3 Å². The highest BCUT2D eigenvalue weighted by atomic mass is 16.2. The molecular formula is C21H29N5O. The van der Waals surface area contributed by atoms with Crippen molar-refractivity contribution in [3.63, 3.8) is 0 Å². The zero-order valence-electron chi connectivity index (χ0n) is 16.4. The summed E-state index contributed by atoms with van der Waals surface area (Å²) in [6, 6.07) is 7.89. The van der Waals surface area contributed by atoms with Crippen molar-refractivity contribution in [2.45, 2.75) is 51.0 Å². The minimum absolute atomic E-state index is 0.124. The molecule has 1 saturated heterocycles. The first kappa shape index (κ1) is 18.0. The number of hydrogen-bond donors (Lipinski definition) is 0. The fraction of sp³-hybridized carbons (Fsp3) is 0.571. The van der Waals surface area contributed by atoms with Crippen molar-refractivity contribution in [2.24, 2.45) is 0 Å². The number of aryl methyl sites for hydroxylation is 1. The lowest BCUT2D eigenvalue weighted by molar-refractivity contribution is 0.0703. The van der Waals surface area contributed by atoms with Crippen LogP contribution in [0, 0.1) is 0 Å². The highest BCUT2D eigenvalue weighted by Gasteiger charge is 2.30. The minimum Gasteiger partial charge on any atom is -0.378 e. The van der Waals surface area contributed by atoms with Crippen LogP contribution in [0.25, 0.3) is 0 Å². The number of aromatic nitrogens is 3. The van der Waals surface area contributed by atoms with E-state index in [1.807, 2.05) is 48.2 Å². The lowest BCUT2D eigenvalue weighted by Gasteiger charge is -2.32. The molecule has 0 radical (unpaired) electrons. The lowest BCUT2D eigenvalue weighted by atomic mass is 9.96. The fourth-order valence-electron chi connectivity index (χ4n) is 4.28. The zero-order valence-corrected chi connectivity index (χ0v) is 16.4. The van der Waals surface area contributed by atoms with E-state index in [4.69, 9.17) is 0 Å². The molecule has 1 aromatic carbocycles. The van der Waals surface area contributed by atoms with Crippen LogP contribution >= 0.6 is 0 Å². The second-order valence-corrected chi connectivity index (χ2v) is 7.97. The molecule has 2 aromatic rings. The first-order valence-corrected chi connectivity index (χ1v) is 10.1. The molecule has 0 aliphatic carbocycles. The Morgan fingerprint density at radius 2 is 2.00 bits per heavy atom. The Morgan fingerprint density at radius 3 is 2.85 bits per heavy atom. The summed E-state index contributed by atoms with van der Waals surface area (Å²) in [5.74, 6) is 2.63. The number of carbonyl (C=O) groups is 1. The van der Waals surface area contributed by atoms with Crippen LogP contribution in [-0.4, -0.2) is 52.8 Å². The number of likely N-dealkylation sites (tertiary alicyclic amines) is 1. The number of amides is 1. The van der Waals surface area contributed by atoms with Gasteiger partial charge in [-0.25, -0.2) is 0 Å².